The summed E-state index contributed by atoms with van der Waals surface area (Å²) >= 11 is 0. The van der Waals surface area contributed by atoms with Gasteiger partial charge in [0, 0.05) is 12.6 Å². The molecule has 1 N–H and O–H groups in total. The lowest BCUT2D eigenvalue weighted by molar-refractivity contribution is 0.0593. The van der Waals surface area contributed by atoms with Crippen LogP contribution in [0.2, 0.25) is 0 Å². The van der Waals surface area contributed by atoms with Gasteiger partial charge in [-0.15, -0.1) is 0 Å². The van der Waals surface area contributed by atoms with Gasteiger partial charge in [0.25, 0.3) is 0 Å². The molecule has 0 saturated carbocycles. The fourth-order valence-electron chi connectivity index (χ4n) is 1.20. The molecule has 1 aromatic heterocycles. The van der Waals surface area contributed by atoms with Gasteiger partial charge in [-0.05, 0) is 13.8 Å². The molecule has 1 heterocycles. The van der Waals surface area contributed by atoms with Crippen molar-refractivity contribution < 1.29 is 14.3 Å². The van der Waals surface area contributed by atoms with Crippen LogP contribution >= 0.6 is 0 Å². The Kier molecular flexibility index (Phi) is 5.35. The topological polar surface area (TPSA) is 73.3 Å². The molecule has 1 aromatic rings. The number of nitrogens with zero attached hydrogens (tertiary/aromatic N) is 2. The smallest absolute Gasteiger partial charge is 0.358 e. The second kappa shape index (κ2) is 6.80. The van der Waals surface area contributed by atoms with Crippen LogP contribution in [0.15, 0.2) is 12.4 Å². The number of carbonyl (C=O) groups is 1. The van der Waals surface area contributed by atoms with Crippen molar-refractivity contribution in [3.05, 3.63) is 18.1 Å². The average Bonchev–Trinajstić information content (AvgIpc) is 2.36. The van der Waals surface area contributed by atoms with E-state index in [0.29, 0.717) is 19.0 Å². The lowest BCUT2D eigenvalue weighted by Crippen LogP contribution is -2.22. The molecular weight excluding hydrogens is 222 g/mol. The highest BCUT2D eigenvalue weighted by Crippen LogP contribution is 2.04. The first-order valence-electron chi connectivity index (χ1n) is 5.42. The van der Waals surface area contributed by atoms with Crippen LogP contribution in [-0.2, 0) is 9.47 Å². The van der Waals surface area contributed by atoms with Crippen LogP contribution in [0.25, 0.3) is 0 Å². The third kappa shape index (κ3) is 4.36. The average molecular weight is 239 g/mol. The molecule has 94 valence electrons. The first-order valence-corrected chi connectivity index (χ1v) is 5.42. The Morgan fingerprint density at radius 3 is 2.76 bits per heavy atom. The number of aromatic nitrogens is 2. The summed E-state index contributed by atoms with van der Waals surface area (Å²) in [5.41, 5.74) is 0.190. The molecule has 0 aliphatic heterocycles. The number of ether oxygens (including phenoxy) is 2. The van der Waals surface area contributed by atoms with Gasteiger partial charge >= 0.3 is 5.97 Å². The van der Waals surface area contributed by atoms with Gasteiger partial charge in [0.15, 0.2) is 5.69 Å². The number of nitrogens with one attached hydrogen (secondary N) is 1. The van der Waals surface area contributed by atoms with E-state index < -0.39 is 5.97 Å². The lowest BCUT2D eigenvalue weighted by atomic mass is 10.3. The molecular formula is C11H17N3O3. The number of hydrogen-bond donors (Lipinski definition) is 1. The van der Waals surface area contributed by atoms with E-state index in [1.807, 2.05) is 13.8 Å². The van der Waals surface area contributed by atoms with Gasteiger partial charge in [-0.1, -0.05) is 0 Å². The maximum absolute atomic E-state index is 11.1. The van der Waals surface area contributed by atoms with Crippen molar-refractivity contribution in [1.29, 1.82) is 0 Å². The van der Waals surface area contributed by atoms with Crippen molar-refractivity contribution in [3.8, 4) is 0 Å². The SMILES string of the molecule is CCOCC(C)Nc1cnc(C(=O)OC)cn1. The molecule has 0 aliphatic rings. The molecule has 0 saturated heterocycles. The van der Waals surface area contributed by atoms with E-state index in [-0.39, 0.29) is 11.7 Å². The van der Waals surface area contributed by atoms with E-state index in [0.717, 1.165) is 0 Å². The van der Waals surface area contributed by atoms with Crippen LogP contribution < -0.4 is 5.32 Å². The summed E-state index contributed by atoms with van der Waals surface area (Å²) in [4.78, 5) is 19.1. The molecule has 0 spiro atoms. The summed E-state index contributed by atoms with van der Waals surface area (Å²) in [6, 6.07) is 0.133. The van der Waals surface area contributed by atoms with Crippen LogP contribution in [0.5, 0.6) is 0 Å². The quantitative estimate of drug-likeness (QED) is 0.749. The zero-order valence-electron chi connectivity index (χ0n) is 10.3. The molecule has 0 aromatic carbocycles. The van der Waals surface area contributed by atoms with Crippen molar-refractivity contribution in [3.63, 3.8) is 0 Å². The normalized spacial score (nSPS) is 11.9. The van der Waals surface area contributed by atoms with Crippen LogP contribution in [0.3, 0.4) is 0 Å². The number of anilines is 1. The molecule has 6 heteroatoms. The van der Waals surface area contributed by atoms with Crippen LogP contribution in [-0.4, -0.2) is 42.3 Å². The van der Waals surface area contributed by atoms with E-state index in [1.54, 1.807) is 0 Å². The Morgan fingerprint density at radius 2 is 2.24 bits per heavy atom. The third-order valence-electron chi connectivity index (χ3n) is 2.01. The molecule has 1 atom stereocenters. The van der Waals surface area contributed by atoms with E-state index >= 15 is 0 Å². The summed E-state index contributed by atoms with van der Waals surface area (Å²) < 4.78 is 9.79. The minimum absolute atomic E-state index is 0.133. The molecule has 6 nitrogen and oxygen atoms in total. The highest BCUT2D eigenvalue weighted by atomic mass is 16.5. The van der Waals surface area contributed by atoms with Gasteiger partial charge in [0.2, 0.25) is 0 Å². The maximum atomic E-state index is 11.1. The maximum Gasteiger partial charge on any atom is 0.358 e. The molecule has 1 rings (SSSR count). The molecule has 0 amide bonds. The van der Waals surface area contributed by atoms with E-state index in [1.165, 1.54) is 19.5 Å². The minimum atomic E-state index is -0.494. The Bertz CT molecular complexity index is 353. The number of esters is 1. The standard InChI is InChI=1S/C11H17N3O3/c1-4-17-7-8(2)14-10-6-12-9(5-13-10)11(15)16-3/h5-6,8H,4,7H2,1-3H3,(H,13,14). The van der Waals surface area contributed by atoms with Crippen molar-refractivity contribution >= 4 is 11.8 Å². The second-order valence-corrected chi connectivity index (χ2v) is 3.48. The molecule has 0 bridgehead atoms. The highest BCUT2D eigenvalue weighted by molar-refractivity contribution is 5.86. The fourth-order valence-corrected chi connectivity index (χ4v) is 1.20. The van der Waals surface area contributed by atoms with Crippen LogP contribution in [0.1, 0.15) is 24.3 Å². The Morgan fingerprint density at radius 1 is 1.47 bits per heavy atom. The molecule has 1 unspecified atom stereocenters. The summed E-state index contributed by atoms with van der Waals surface area (Å²) in [7, 11) is 1.31. The van der Waals surface area contributed by atoms with Crippen LogP contribution in [0, 0.1) is 0 Å². The monoisotopic (exact) mass is 239 g/mol. The highest BCUT2D eigenvalue weighted by Gasteiger charge is 2.08. The Labute approximate surface area is 100 Å². The molecule has 0 fully saturated rings. The molecule has 17 heavy (non-hydrogen) atoms. The van der Waals surface area contributed by atoms with Crippen molar-refractivity contribution in [2.75, 3.05) is 25.6 Å². The van der Waals surface area contributed by atoms with Crippen LogP contribution in [0.4, 0.5) is 5.82 Å². The van der Waals surface area contributed by atoms with E-state index in [9.17, 15) is 4.79 Å². The fraction of sp³-hybridized carbons (Fsp3) is 0.545. The zero-order chi connectivity index (χ0) is 12.7. The molecule has 0 radical (unpaired) electrons. The largest absolute Gasteiger partial charge is 0.464 e. The first-order chi connectivity index (χ1) is 8.17. The molecule has 0 aliphatic carbocycles. The summed E-state index contributed by atoms with van der Waals surface area (Å²) in [5.74, 6) is 0.108. The number of methoxy groups -OCH3 is 1. The Balaban J connectivity index is 2.53. The van der Waals surface area contributed by atoms with E-state index in [2.05, 4.69) is 20.0 Å². The van der Waals surface area contributed by atoms with Gasteiger partial charge in [0.1, 0.15) is 5.82 Å². The summed E-state index contributed by atoms with van der Waals surface area (Å²) in [5, 5.41) is 3.11. The summed E-state index contributed by atoms with van der Waals surface area (Å²) in [6.07, 6.45) is 2.87. The predicted molar refractivity (Wildman–Crippen MR) is 62.9 cm³/mol. The van der Waals surface area contributed by atoms with Crippen molar-refractivity contribution in [2.45, 2.75) is 19.9 Å². The minimum Gasteiger partial charge on any atom is -0.464 e. The first kappa shape index (κ1) is 13.4. The van der Waals surface area contributed by atoms with E-state index in [4.69, 9.17) is 4.74 Å². The second-order valence-electron chi connectivity index (χ2n) is 3.48. The van der Waals surface area contributed by atoms with Gasteiger partial charge < -0.3 is 14.8 Å². The van der Waals surface area contributed by atoms with Crippen molar-refractivity contribution in [1.82, 2.24) is 9.97 Å². The third-order valence-corrected chi connectivity index (χ3v) is 2.01. The lowest BCUT2D eigenvalue weighted by Gasteiger charge is -2.13. The van der Waals surface area contributed by atoms with Gasteiger partial charge in [-0.25, -0.2) is 14.8 Å². The Hall–Kier alpha value is -1.69. The van der Waals surface area contributed by atoms with Gasteiger partial charge in [-0.3, -0.25) is 0 Å². The number of carbonyl (C=O) groups excluding carboxylic acids is 1. The number of rotatable bonds is 6. The summed E-state index contributed by atoms with van der Waals surface area (Å²) in [6.45, 7) is 5.19. The van der Waals surface area contributed by atoms with Gasteiger partial charge in [0.05, 0.1) is 26.1 Å². The van der Waals surface area contributed by atoms with Crippen molar-refractivity contribution in [2.24, 2.45) is 0 Å². The predicted octanol–water partition coefficient (Wildman–Crippen LogP) is 1.10. The number of hydrogen-bond acceptors (Lipinski definition) is 6. The zero-order valence-corrected chi connectivity index (χ0v) is 10.3. The van der Waals surface area contributed by atoms with Gasteiger partial charge in [-0.2, -0.15) is 0 Å².